The Morgan fingerprint density at radius 1 is 1.21 bits per heavy atom. The van der Waals surface area contributed by atoms with Gasteiger partial charge in [0.25, 0.3) is 5.91 Å². The van der Waals surface area contributed by atoms with Crippen LogP contribution >= 0.6 is 0 Å². The van der Waals surface area contributed by atoms with Crippen molar-refractivity contribution in [1.82, 2.24) is 9.97 Å². The maximum Gasteiger partial charge on any atom is 0.250 e. The van der Waals surface area contributed by atoms with Crippen LogP contribution in [0.25, 0.3) is 6.08 Å². The highest BCUT2D eigenvalue weighted by atomic mass is 16.5. The van der Waals surface area contributed by atoms with Crippen LogP contribution in [-0.4, -0.2) is 23.0 Å². The van der Waals surface area contributed by atoms with Crippen LogP contribution in [0, 0.1) is 0 Å². The Kier molecular flexibility index (Phi) is 4.23. The lowest BCUT2D eigenvalue weighted by atomic mass is 10.2. The van der Waals surface area contributed by atoms with Gasteiger partial charge in [-0.2, -0.15) is 0 Å². The molecule has 0 unspecified atom stereocenters. The highest BCUT2D eigenvalue weighted by molar-refractivity contribution is 6.00. The molecule has 0 fully saturated rings. The number of carbonyl (C=O) groups is 1. The lowest BCUT2D eigenvalue weighted by molar-refractivity contribution is -0.111. The normalized spacial score (nSPS) is 10.4. The van der Waals surface area contributed by atoms with Crippen molar-refractivity contribution in [2.75, 3.05) is 12.4 Å². The van der Waals surface area contributed by atoms with E-state index in [1.165, 1.54) is 6.08 Å². The standard InChI is InChI=1S/C14H13N3O2/c1-19-12-6-3-11(4-7-12)5-8-13(18)17-14-15-9-2-10-16-14/h2-10H,1H3,(H,15,16,17,18)/b8-5+. The number of aromatic nitrogens is 2. The topological polar surface area (TPSA) is 64.1 Å². The molecule has 0 saturated heterocycles. The Morgan fingerprint density at radius 3 is 2.53 bits per heavy atom. The van der Waals surface area contributed by atoms with Gasteiger partial charge in [-0.25, -0.2) is 9.97 Å². The van der Waals surface area contributed by atoms with Crippen LogP contribution in [-0.2, 0) is 4.79 Å². The molecule has 1 aromatic carbocycles. The summed E-state index contributed by atoms with van der Waals surface area (Å²) in [4.78, 5) is 19.4. The molecular weight excluding hydrogens is 242 g/mol. The predicted octanol–water partition coefficient (Wildman–Crippen LogP) is 2.14. The minimum atomic E-state index is -0.276. The van der Waals surface area contributed by atoms with Crippen molar-refractivity contribution in [2.45, 2.75) is 0 Å². The Hall–Kier alpha value is -2.69. The second kappa shape index (κ2) is 6.30. The molecule has 5 heteroatoms. The molecule has 2 aromatic rings. The average Bonchev–Trinajstić information content (AvgIpc) is 2.47. The van der Waals surface area contributed by atoms with E-state index < -0.39 is 0 Å². The van der Waals surface area contributed by atoms with E-state index in [1.807, 2.05) is 24.3 Å². The van der Waals surface area contributed by atoms with Gasteiger partial charge in [0.2, 0.25) is 5.95 Å². The third-order valence-electron chi connectivity index (χ3n) is 2.34. The lowest BCUT2D eigenvalue weighted by Crippen LogP contribution is -2.10. The summed E-state index contributed by atoms with van der Waals surface area (Å²) in [5.41, 5.74) is 0.907. The van der Waals surface area contributed by atoms with Gasteiger partial charge in [-0.1, -0.05) is 12.1 Å². The van der Waals surface area contributed by atoms with E-state index >= 15 is 0 Å². The first-order valence-electron chi connectivity index (χ1n) is 5.68. The van der Waals surface area contributed by atoms with Crippen LogP contribution in [0.1, 0.15) is 5.56 Å². The number of anilines is 1. The first-order valence-corrected chi connectivity index (χ1v) is 5.68. The molecule has 1 heterocycles. The molecular formula is C14H13N3O2. The van der Waals surface area contributed by atoms with Crippen LogP contribution in [0.3, 0.4) is 0 Å². The van der Waals surface area contributed by atoms with E-state index in [-0.39, 0.29) is 11.9 Å². The summed E-state index contributed by atoms with van der Waals surface area (Å²) in [7, 11) is 1.61. The smallest absolute Gasteiger partial charge is 0.250 e. The van der Waals surface area contributed by atoms with E-state index in [1.54, 1.807) is 31.6 Å². The van der Waals surface area contributed by atoms with Gasteiger partial charge in [-0.05, 0) is 29.8 Å². The molecule has 19 heavy (non-hydrogen) atoms. The van der Waals surface area contributed by atoms with E-state index in [4.69, 9.17) is 4.74 Å². The molecule has 0 aliphatic carbocycles. The number of carbonyl (C=O) groups excluding carboxylic acids is 1. The molecule has 96 valence electrons. The molecule has 5 nitrogen and oxygen atoms in total. The lowest BCUT2D eigenvalue weighted by Gasteiger charge is -2.00. The fourth-order valence-electron chi connectivity index (χ4n) is 1.40. The summed E-state index contributed by atoms with van der Waals surface area (Å²) < 4.78 is 5.05. The maximum atomic E-state index is 11.6. The SMILES string of the molecule is COc1ccc(/C=C/C(=O)Nc2ncccn2)cc1. The molecule has 0 bridgehead atoms. The second-order valence-electron chi connectivity index (χ2n) is 3.67. The number of hydrogen-bond acceptors (Lipinski definition) is 4. The van der Waals surface area contributed by atoms with Crippen LogP contribution in [0.2, 0.25) is 0 Å². The van der Waals surface area contributed by atoms with Crippen LogP contribution in [0.15, 0.2) is 48.8 Å². The molecule has 0 spiro atoms. The summed E-state index contributed by atoms with van der Waals surface area (Å²) in [6.45, 7) is 0. The quantitative estimate of drug-likeness (QED) is 0.850. The molecule has 0 atom stereocenters. The number of methoxy groups -OCH3 is 1. The Bertz CT molecular complexity index is 565. The number of nitrogens with zero attached hydrogens (tertiary/aromatic N) is 2. The minimum absolute atomic E-state index is 0.276. The molecule has 1 aromatic heterocycles. The molecule has 1 N–H and O–H groups in total. The third kappa shape index (κ3) is 3.92. The average molecular weight is 255 g/mol. The third-order valence-corrected chi connectivity index (χ3v) is 2.34. The van der Waals surface area contributed by atoms with Crippen molar-refractivity contribution in [3.8, 4) is 5.75 Å². The van der Waals surface area contributed by atoms with Gasteiger partial charge in [0.05, 0.1) is 7.11 Å². The molecule has 0 aliphatic heterocycles. The van der Waals surface area contributed by atoms with Crippen molar-refractivity contribution in [3.05, 3.63) is 54.4 Å². The summed E-state index contributed by atoms with van der Waals surface area (Å²) in [5, 5.41) is 2.56. The largest absolute Gasteiger partial charge is 0.497 e. The number of hydrogen-bond donors (Lipinski definition) is 1. The Morgan fingerprint density at radius 2 is 1.89 bits per heavy atom. The number of ether oxygens (including phenoxy) is 1. The zero-order valence-electron chi connectivity index (χ0n) is 10.4. The van der Waals surface area contributed by atoms with Crippen LogP contribution in [0.4, 0.5) is 5.95 Å². The van der Waals surface area contributed by atoms with Gasteiger partial charge in [0.15, 0.2) is 0 Å². The summed E-state index contributed by atoms with van der Waals surface area (Å²) in [6, 6.07) is 9.07. The number of rotatable bonds is 4. The van der Waals surface area contributed by atoms with Crippen LogP contribution in [0.5, 0.6) is 5.75 Å². The molecule has 2 rings (SSSR count). The van der Waals surface area contributed by atoms with Crippen molar-refractivity contribution in [1.29, 1.82) is 0 Å². The fraction of sp³-hybridized carbons (Fsp3) is 0.0714. The zero-order chi connectivity index (χ0) is 13.5. The molecule has 0 radical (unpaired) electrons. The van der Waals surface area contributed by atoms with Gasteiger partial charge in [-0.3, -0.25) is 10.1 Å². The van der Waals surface area contributed by atoms with Crippen molar-refractivity contribution in [3.63, 3.8) is 0 Å². The van der Waals surface area contributed by atoms with Gasteiger partial charge in [0, 0.05) is 18.5 Å². The van der Waals surface area contributed by atoms with Gasteiger partial charge in [0.1, 0.15) is 5.75 Å². The molecule has 0 saturated carbocycles. The van der Waals surface area contributed by atoms with Crippen LogP contribution < -0.4 is 10.1 Å². The zero-order valence-corrected chi connectivity index (χ0v) is 10.4. The molecule has 1 amide bonds. The first-order chi connectivity index (χ1) is 9.28. The highest BCUT2D eigenvalue weighted by Crippen LogP contribution is 2.12. The maximum absolute atomic E-state index is 11.6. The van der Waals surface area contributed by atoms with E-state index in [9.17, 15) is 4.79 Å². The number of nitrogens with one attached hydrogen (secondary N) is 1. The van der Waals surface area contributed by atoms with Gasteiger partial charge in [-0.15, -0.1) is 0 Å². The van der Waals surface area contributed by atoms with E-state index in [2.05, 4.69) is 15.3 Å². The van der Waals surface area contributed by atoms with Crippen molar-refractivity contribution in [2.24, 2.45) is 0 Å². The van der Waals surface area contributed by atoms with Crippen molar-refractivity contribution >= 4 is 17.9 Å². The molecule has 0 aliphatic rings. The van der Waals surface area contributed by atoms with Crippen molar-refractivity contribution < 1.29 is 9.53 Å². The van der Waals surface area contributed by atoms with E-state index in [0.717, 1.165) is 11.3 Å². The summed E-state index contributed by atoms with van der Waals surface area (Å²) in [5.74, 6) is 0.785. The van der Waals surface area contributed by atoms with Gasteiger partial charge < -0.3 is 4.74 Å². The minimum Gasteiger partial charge on any atom is -0.497 e. The predicted molar refractivity (Wildman–Crippen MR) is 72.7 cm³/mol. The highest BCUT2D eigenvalue weighted by Gasteiger charge is 1.98. The second-order valence-corrected chi connectivity index (χ2v) is 3.67. The Balaban J connectivity index is 1.96. The summed E-state index contributed by atoms with van der Waals surface area (Å²) >= 11 is 0. The Labute approximate surface area is 111 Å². The monoisotopic (exact) mass is 255 g/mol. The number of benzene rings is 1. The fourth-order valence-corrected chi connectivity index (χ4v) is 1.40. The van der Waals surface area contributed by atoms with Gasteiger partial charge >= 0.3 is 0 Å². The summed E-state index contributed by atoms with van der Waals surface area (Å²) in [6.07, 6.45) is 6.27. The first kappa shape index (κ1) is 12.8. The van der Waals surface area contributed by atoms with E-state index in [0.29, 0.717) is 0 Å². The number of amides is 1.